The van der Waals surface area contributed by atoms with E-state index in [1.165, 1.54) is 0 Å². The number of carbonyl (C=O) groups excluding carboxylic acids is 1. The van der Waals surface area contributed by atoms with Crippen molar-refractivity contribution in [1.82, 2.24) is 10.2 Å². The van der Waals surface area contributed by atoms with E-state index in [0.717, 1.165) is 37.4 Å². The highest BCUT2D eigenvalue weighted by Crippen LogP contribution is 2.28. The molecule has 1 fully saturated rings. The van der Waals surface area contributed by atoms with E-state index in [1.807, 2.05) is 23.1 Å². The lowest BCUT2D eigenvalue weighted by Crippen LogP contribution is -2.54. The van der Waals surface area contributed by atoms with E-state index in [1.54, 1.807) is 0 Å². The Bertz CT molecular complexity index is 481. The number of hydrogen-bond donors (Lipinski definition) is 1. The number of piperazine rings is 1. The molecular weight excluding hydrogens is 276 g/mol. The van der Waals surface area contributed by atoms with E-state index in [-0.39, 0.29) is 30.3 Å². The zero-order valence-corrected chi connectivity index (χ0v) is 12.5. The maximum absolute atomic E-state index is 12.6. The number of halogens is 1. The largest absolute Gasteiger partial charge is 0.492 e. The summed E-state index contributed by atoms with van der Waals surface area (Å²) in [7, 11) is 0. The van der Waals surface area contributed by atoms with E-state index in [4.69, 9.17) is 4.74 Å². The van der Waals surface area contributed by atoms with Gasteiger partial charge in [0.05, 0.1) is 5.92 Å². The molecule has 0 aliphatic carbocycles. The molecule has 0 spiro atoms. The van der Waals surface area contributed by atoms with Gasteiger partial charge in [-0.05, 0) is 25.0 Å². The van der Waals surface area contributed by atoms with Crippen molar-refractivity contribution in [3.8, 4) is 5.75 Å². The lowest BCUT2D eigenvalue weighted by molar-refractivity contribution is -0.139. The van der Waals surface area contributed by atoms with Crippen molar-refractivity contribution in [3.63, 3.8) is 0 Å². The third-order valence-corrected chi connectivity index (χ3v) is 4.01. The van der Waals surface area contributed by atoms with E-state index in [2.05, 4.69) is 18.3 Å². The summed E-state index contributed by atoms with van der Waals surface area (Å²) in [4.78, 5) is 14.6. The normalized spacial score (nSPS) is 25.1. The van der Waals surface area contributed by atoms with Gasteiger partial charge >= 0.3 is 0 Å². The molecule has 3 rings (SSSR count). The predicted octanol–water partition coefficient (Wildman–Crippen LogP) is 1.48. The third-order valence-electron chi connectivity index (χ3n) is 4.01. The van der Waals surface area contributed by atoms with Gasteiger partial charge in [0.15, 0.2) is 0 Å². The van der Waals surface area contributed by atoms with Crippen LogP contribution in [0.25, 0.3) is 0 Å². The molecule has 20 heavy (non-hydrogen) atoms. The Balaban J connectivity index is 0.00000147. The Morgan fingerprint density at radius 2 is 2.20 bits per heavy atom. The molecular formula is C15H21ClN2O2. The highest BCUT2D eigenvalue weighted by atomic mass is 35.5. The van der Waals surface area contributed by atoms with Crippen molar-refractivity contribution in [2.24, 2.45) is 5.92 Å². The summed E-state index contributed by atoms with van der Waals surface area (Å²) in [6, 6.07) is 8.28. The molecule has 0 radical (unpaired) electrons. The molecule has 2 aliphatic rings. The molecule has 1 saturated heterocycles. The molecule has 2 heterocycles. The fourth-order valence-electron chi connectivity index (χ4n) is 2.89. The number of nitrogens with zero attached hydrogens (tertiary/aromatic N) is 1. The van der Waals surface area contributed by atoms with Crippen molar-refractivity contribution >= 4 is 18.3 Å². The van der Waals surface area contributed by atoms with Gasteiger partial charge in [-0.25, -0.2) is 0 Å². The van der Waals surface area contributed by atoms with Crippen LogP contribution in [0.15, 0.2) is 24.3 Å². The van der Waals surface area contributed by atoms with Gasteiger partial charge in [-0.3, -0.25) is 4.79 Å². The van der Waals surface area contributed by atoms with E-state index >= 15 is 0 Å². The summed E-state index contributed by atoms with van der Waals surface area (Å²) in [5.41, 5.74) is 1.15. The van der Waals surface area contributed by atoms with Gasteiger partial charge in [0.25, 0.3) is 0 Å². The van der Waals surface area contributed by atoms with E-state index in [9.17, 15) is 4.79 Å². The summed E-state index contributed by atoms with van der Waals surface area (Å²) in [6.45, 7) is 5.18. The van der Waals surface area contributed by atoms with Gasteiger partial charge in [-0.1, -0.05) is 18.2 Å². The number of ether oxygens (including phenoxy) is 1. The molecule has 0 aromatic heterocycles. The van der Waals surface area contributed by atoms with E-state index in [0.29, 0.717) is 6.61 Å². The first kappa shape index (κ1) is 15.1. The lowest BCUT2D eigenvalue weighted by atomic mass is 9.95. The Labute approximate surface area is 125 Å². The molecule has 2 atom stereocenters. The van der Waals surface area contributed by atoms with Crippen molar-refractivity contribution in [2.75, 3.05) is 26.2 Å². The van der Waals surface area contributed by atoms with Crippen molar-refractivity contribution < 1.29 is 9.53 Å². The standard InChI is InChI=1S/C15H20N2O2.ClH/c1-11-9-16-6-7-17(11)15(18)13-8-12-4-2-3-5-14(12)19-10-13;/h2-5,11,13,16H,6-10H2,1H3;1H. The summed E-state index contributed by atoms with van der Waals surface area (Å²) >= 11 is 0. The highest BCUT2D eigenvalue weighted by molar-refractivity contribution is 5.85. The van der Waals surface area contributed by atoms with Gasteiger partial charge < -0.3 is 15.0 Å². The van der Waals surface area contributed by atoms with Crippen LogP contribution in [-0.2, 0) is 11.2 Å². The highest BCUT2D eigenvalue weighted by Gasteiger charge is 2.32. The van der Waals surface area contributed by atoms with Crippen LogP contribution in [0.1, 0.15) is 12.5 Å². The maximum Gasteiger partial charge on any atom is 0.229 e. The first-order valence-corrected chi connectivity index (χ1v) is 6.97. The third kappa shape index (κ3) is 2.91. The Morgan fingerprint density at radius 3 is 3.00 bits per heavy atom. The van der Waals surface area contributed by atoms with Crippen LogP contribution in [-0.4, -0.2) is 43.1 Å². The van der Waals surface area contributed by atoms with Crippen molar-refractivity contribution in [1.29, 1.82) is 0 Å². The molecule has 2 unspecified atom stereocenters. The zero-order valence-electron chi connectivity index (χ0n) is 11.7. The van der Waals surface area contributed by atoms with Gasteiger partial charge in [0.2, 0.25) is 5.91 Å². The quantitative estimate of drug-likeness (QED) is 0.853. The minimum Gasteiger partial charge on any atom is -0.492 e. The van der Waals surface area contributed by atoms with Crippen LogP contribution in [0.3, 0.4) is 0 Å². The number of fused-ring (bicyclic) bond motifs is 1. The van der Waals surface area contributed by atoms with Gasteiger partial charge in [0, 0.05) is 25.7 Å². The monoisotopic (exact) mass is 296 g/mol. The zero-order chi connectivity index (χ0) is 13.2. The minimum atomic E-state index is -0.0320. The fourth-order valence-corrected chi connectivity index (χ4v) is 2.89. The lowest BCUT2D eigenvalue weighted by Gasteiger charge is -2.37. The second kappa shape index (κ2) is 6.46. The molecule has 1 aromatic rings. The molecule has 0 bridgehead atoms. The average molecular weight is 297 g/mol. The second-order valence-electron chi connectivity index (χ2n) is 5.40. The first-order valence-electron chi connectivity index (χ1n) is 6.97. The van der Waals surface area contributed by atoms with Crippen LogP contribution in [0.5, 0.6) is 5.75 Å². The molecule has 2 aliphatic heterocycles. The average Bonchev–Trinajstić information content (AvgIpc) is 2.46. The second-order valence-corrected chi connectivity index (χ2v) is 5.40. The van der Waals surface area contributed by atoms with Gasteiger partial charge in [-0.15, -0.1) is 12.4 Å². The molecule has 1 aromatic carbocycles. The summed E-state index contributed by atoms with van der Waals surface area (Å²) < 4.78 is 5.72. The number of rotatable bonds is 1. The van der Waals surface area contributed by atoms with Crippen LogP contribution in [0.4, 0.5) is 0 Å². The van der Waals surface area contributed by atoms with Crippen LogP contribution in [0, 0.1) is 5.92 Å². The SMILES string of the molecule is CC1CNCCN1C(=O)C1COc2ccccc2C1.Cl. The predicted molar refractivity (Wildman–Crippen MR) is 80.4 cm³/mol. The van der Waals surface area contributed by atoms with Crippen LogP contribution < -0.4 is 10.1 Å². The number of hydrogen-bond acceptors (Lipinski definition) is 3. The summed E-state index contributed by atoms with van der Waals surface area (Å²) in [5.74, 6) is 1.14. The van der Waals surface area contributed by atoms with Gasteiger partial charge in [0.1, 0.15) is 12.4 Å². The summed E-state index contributed by atoms with van der Waals surface area (Å²) in [6.07, 6.45) is 0.797. The number of carbonyl (C=O) groups is 1. The molecule has 4 nitrogen and oxygen atoms in total. The smallest absolute Gasteiger partial charge is 0.229 e. The minimum absolute atomic E-state index is 0. The number of benzene rings is 1. The Kier molecular flexibility index (Phi) is 4.89. The molecule has 1 amide bonds. The van der Waals surface area contributed by atoms with Crippen molar-refractivity contribution in [2.45, 2.75) is 19.4 Å². The van der Waals surface area contributed by atoms with Crippen LogP contribution >= 0.6 is 12.4 Å². The first-order chi connectivity index (χ1) is 9.25. The molecule has 5 heteroatoms. The number of nitrogens with one attached hydrogen (secondary N) is 1. The molecule has 1 N–H and O–H groups in total. The molecule has 0 saturated carbocycles. The Morgan fingerprint density at radius 1 is 1.40 bits per heavy atom. The molecule has 110 valence electrons. The topological polar surface area (TPSA) is 41.6 Å². The van der Waals surface area contributed by atoms with Gasteiger partial charge in [-0.2, -0.15) is 0 Å². The van der Waals surface area contributed by atoms with Crippen molar-refractivity contribution in [3.05, 3.63) is 29.8 Å². The van der Waals surface area contributed by atoms with Crippen LogP contribution in [0.2, 0.25) is 0 Å². The Hall–Kier alpha value is -1.26. The number of amides is 1. The fraction of sp³-hybridized carbons (Fsp3) is 0.533. The van der Waals surface area contributed by atoms with E-state index < -0.39 is 0 Å². The summed E-state index contributed by atoms with van der Waals surface area (Å²) in [5, 5.41) is 3.31. The maximum atomic E-state index is 12.6. The number of para-hydroxylation sites is 1.